The van der Waals surface area contributed by atoms with E-state index >= 15 is 0 Å². The molecule has 1 heterocycles. The van der Waals surface area contributed by atoms with Gasteiger partial charge < -0.3 is 10.0 Å². The van der Waals surface area contributed by atoms with Crippen LogP contribution in [-0.2, 0) is 11.2 Å². The Labute approximate surface area is 148 Å². The molecule has 24 heavy (non-hydrogen) atoms. The molecule has 0 aliphatic carbocycles. The van der Waals surface area contributed by atoms with E-state index in [4.69, 9.17) is 5.26 Å². The number of likely N-dealkylation sites (tertiary alicyclic amines) is 1. The lowest BCUT2D eigenvalue weighted by Gasteiger charge is -2.22. The fourth-order valence-corrected chi connectivity index (χ4v) is 3.37. The van der Waals surface area contributed by atoms with Crippen LogP contribution in [0, 0.1) is 10.7 Å². The molecule has 4 nitrogen and oxygen atoms in total. The monoisotopic (exact) mass is 344 g/mol. The van der Waals surface area contributed by atoms with Crippen molar-refractivity contribution in [3.63, 3.8) is 0 Å². The Balaban J connectivity index is 1.80. The lowest BCUT2D eigenvalue weighted by atomic mass is 10.1. The van der Waals surface area contributed by atoms with Gasteiger partial charge in [-0.25, -0.2) is 0 Å². The first-order valence-electron chi connectivity index (χ1n) is 8.41. The van der Waals surface area contributed by atoms with E-state index in [0.29, 0.717) is 12.8 Å². The van der Waals surface area contributed by atoms with Crippen LogP contribution in [0.2, 0.25) is 0 Å². The summed E-state index contributed by atoms with van der Waals surface area (Å²) in [5.41, 5.74) is 1.10. The zero-order chi connectivity index (χ0) is 17.2. The standard InChI is InChI=1S/C19H24N2O2S/c20-15-24-13-5-4-12-21-17(9-11-19(21)23)8-10-18(22)14-16-6-2-1-3-7-16/h1-3,6-8,10,17-18,22H,4-5,9,11-14H2/t17-,18?/m0/s1. The lowest BCUT2D eigenvalue weighted by Crippen LogP contribution is -2.33. The second kappa shape index (κ2) is 10.2. The maximum atomic E-state index is 12.0. The molecular formula is C19H24N2O2S. The molecule has 1 fully saturated rings. The summed E-state index contributed by atoms with van der Waals surface area (Å²) in [5, 5.41) is 20.7. The van der Waals surface area contributed by atoms with Crippen LogP contribution in [0.3, 0.4) is 0 Å². The van der Waals surface area contributed by atoms with E-state index in [1.807, 2.05) is 47.4 Å². The van der Waals surface area contributed by atoms with Crippen LogP contribution in [-0.4, -0.2) is 40.4 Å². The van der Waals surface area contributed by atoms with Gasteiger partial charge in [0.05, 0.1) is 12.1 Å². The first-order valence-corrected chi connectivity index (χ1v) is 9.40. The number of nitriles is 1. The normalized spacial score (nSPS) is 18.9. The van der Waals surface area contributed by atoms with Crippen molar-refractivity contribution in [1.82, 2.24) is 4.90 Å². The van der Waals surface area contributed by atoms with Crippen LogP contribution in [0.1, 0.15) is 31.2 Å². The van der Waals surface area contributed by atoms with Crippen molar-refractivity contribution in [3.8, 4) is 5.40 Å². The van der Waals surface area contributed by atoms with E-state index in [0.717, 1.165) is 37.1 Å². The molecule has 1 unspecified atom stereocenters. The van der Waals surface area contributed by atoms with Gasteiger partial charge in [0.1, 0.15) is 5.40 Å². The van der Waals surface area contributed by atoms with Crippen LogP contribution >= 0.6 is 11.8 Å². The second-order valence-corrected chi connectivity index (χ2v) is 6.86. The third-order valence-corrected chi connectivity index (χ3v) is 4.80. The van der Waals surface area contributed by atoms with Crippen molar-refractivity contribution in [3.05, 3.63) is 48.0 Å². The Kier molecular flexibility index (Phi) is 7.87. The number of rotatable bonds is 9. The number of hydrogen-bond donors (Lipinski definition) is 1. The summed E-state index contributed by atoms with van der Waals surface area (Å²) in [5.74, 6) is 1.00. The van der Waals surface area contributed by atoms with Gasteiger partial charge in [-0.2, -0.15) is 5.26 Å². The summed E-state index contributed by atoms with van der Waals surface area (Å²) in [6.07, 6.45) is 7.10. The average molecular weight is 344 g/mol. The number of carbonyl (C=O) groups excluding carboxylic acids is 1. The summed E-state index contributed by atoms with van der Waals surface area (Å²) in [7, 11) is 0. The summed E-state index contributed by atoms with van der Waals surface area (Å²) in [6, 6.07) is 9.99. The Hall–Kier alpha value is -1.77. The molecule has 0 bridgehead atoms. The Morgan fingerprint density at radius 1 is 1.38 bits per heavy atom. The van der Waals surface area contributed by atoms with E-state index in [-0.39, 0.29) is 11.9 Å². The highest BCUT2D eigenvalue weighted by molar-refractivity contribution is 8.03. The number of aliphatic hydroxyl groups excluding tert-OH is 1. The van der Waals surface area contributed by atoms with Gasteiger partial charge >= 0.3 is 0 Å². The van der Waals surface area contributed by atoms with Crippen molar-refractivity contribution in [2.75, 3.05) is 12.3 Å². The SMILES string of the molecule is N#CSCCCCN1C(=O)CC[C@@H]1C=CC(O)Cc1ccccc1. The van der Waals surface area contributed by atoms with Crippen LogP contribution < -0.4 is 0 Å². The van der Waals surface area contributed by atoms with Crippen molar-refractivity contribution in [1.29, 1.82) is 5.26 Å². The van der Waals surface area contributed by atoms with Crippen molar-refractivity contribution < 1.29 is 9.90 Å². The van der Waals surface area contributed by atoms with E-state index in [1.54, 1.807) is 0 Å². The molecule has 0 spiro atoms. The highest BCUT2D eigenvalue weighted by Crippen LogP contribution is 2.21. The zero-order valence-corrected chi connectivity index (χ0v) is 14.6. The predicted octanol–water partition coefficient (Wildman–Crippen LogP) is 3.13. The first kappa shape index (κ1) is 18.6. The number of amides is 1. The maximum Gasteiger partial charge on any atom is 0.223 e. The van der Waals surface area contributed by atoms with Crippen molar-refractivity contribution in [2.45, 2.75) is 44.2 Å². The number of benzene rings is 1. The molecule has 128 valence electrons. The van der Waals surface area contributed by atoms with E-state index in [9.17, 15) is 9.90 Å². The largest absolute Gasteiger partial charge is 0.389 e. The topological polar surface area (TPSA) is 64.3 Å². The number of unbranched alkanes of at least 4 members (excludes halogenated alkanes) is 1. The highest BCUT2D eigenvalue weighted by atomic mass is 32.2. The van der Waals surface area contributed by atoms with Crippen molar-refractivity contribution >= 4 is 17.7 Å². The van der Waals surface area contributed by atoms with Gasteiger partial charge in [-0.15, -0.1) is 0 Å². The third-order valence-electron chi connectivity index (χ3n) is 4.18. The zero-order valence-electron chi connectivity index (χ0n) is 13.8. The summed E-state index contributed by atoms with van der Waals surface area (Å²) in [4.78, 5) is 13.9. The molecule has 1 N–H and O–H groups in total. The minimum atomic E-state index is -0.531. The van der Waals surface area contributed by atoms with Gasteiger partial charge in [-0.1, -0.05) is 42.5 Å². The van der Waals surface area contributed by atoms with Gasteiger partial charge in [0.15, 0.2) is 0 Å². The molecule has 2 atom stereocenters. The van der Waals surface area contributed by atoms with Gasteiger partial charge in [0.2, 0.25) is 5.91 Å². The van der Waals surface area contributed by atoms with Crippen LogP contribution in [0.4, 0.5) is 0 Å². The first-order chi connectivity index (χ1) is 11.7. The number of aliphatic hydroxyl groups is 1. The molecular weight excluding hydrogens is 320 g/mol. The predicted molar refractivity (Wildman–Crippen MR) is 97.3 cm³/mol. The molecule has 1 aromatic carbocycles. The molecule has 0 radical (unpaired) electrons. The smallest absolute Gasteiger partial charge is 0.223 e. The fourth-order valence-electron chi connectivity index (χ4n) is 2.93. The fraction of sp³-hybridized carbons (Fsp3) is 0.474. The number of thiocyanates is 1. The number of carbonyl (C=O) groups is 1. The minimum Gasteiger partial charge on any atom is -0.389 e. The van der Waals surface area contributed by atoms with E-state index < -0.39 is 6.10 Å². The molecule has 1 aromatic rings. The average Bonchev–Trinajstić information content (AvgIpc) is 2.94. The lowest BCUT2D eigenvalue weighted by molar-refractivity contribution is -0.128. The van der Waals surface area contributed by atoms with E-state index in [1.165, 1.54) is 11.8 Å². The second-order valence-electron chi connectivity index (χ2n) is 5.98. The third kappa shape index (κ3) is 6.03. The van der Waals surface area contributed by atoms with Crippen molar-refractivity contribution in [2.24, 2.45) is 0 Å². The number of nitrogens with zero attached hydrogens (tertiary/aromatic N) is 2. The Morgan fingerprint density at radius 3 is 2.92 bits per heavy atom. The van der Waals surface area contributed by atoms with Crippen LogP contribution in [0.15, 0.2) is 42.5 Å². The molecule has 1 saturated heterocycles. The Morgan fingerprint density at radius 2 is 2.17 bits per heavy atom. The van der Waals surface area contributed by atoms with Gasteiger partial charge in [-0.05, 0) is 36.6 Å². The quantitative estimate of drug-likeness (QED) is 0.425. The van der Waals surface area contributed by atoms with Crippen LogP contribution in [0.25, 0.3) is 0 Å². The number of hydrogen-bond acceptors (Lipinski definition) is 4. The summed E-state index contributed by atoms with van der Waals surface area (Å²) in [6.45, 7) is 0.731. The summed E-state index contributed by atoms with van der Waals surface area (Å²) < 4.78 is 0. The minimum absolute atomic E-state index is 0.0894. The molecule has 1 aliphatic rings. The molecule has 1 amide bonds. The molecule has 5 heteroatoms. The van der Waals surface area contributed by atoms with E-state index in [2.05, 4.69) is 5.40 Å². The highest BCUT2D eigenvalue weighted by Gasteiger charge is 2.28. The molecule has 1 aliphatic heterocycles. The van der Waals surface area contributed by atoms with Gasteiger partial charge in [0, 0.05) is 25.1 Å². The van der Waals surface area contributed by atoms with Gasteiger partial charge in [-0.3, -0.25) is 4.79 Å². The summed E-state index contributed by atoms with van der Waals surface area (Å²) >= 11 is 1.26. The molecule has 0 saturated carbocycles. The molecule has 2 rings (SSSR count). The maximum absolute atomic E-state index is 12.0. The number of thioether (sulfide) groups is 1. The van der Waals surface area contributed by atoms with Gasteiger partial charge in [0.25, 0.3) is 0 Å². The molecule has 0 aromatic heterocycles. The van der Waals surface area contributed by atoms with Crippen LogP contribution in [0.5, 0.6) is 0 Å². The Bertz CT molecular complexity index is 583.